The van der Waals surface area contributed by atoms with E-state index >= 15 is 0 Å². The predicted octanol–water partition coefficient (Wildman–Crippen LogP) is 4.64. The molecule has 3 heterocycles. The van der Waals surface area contributed by atoms with Gasteiger partial charge < -0.3 is 10.6 Å². The summed E-state index contributed by atoms with van der Waals surface area (Å²) in [6.45, 7) is 7.79. The minimum atomic E-state index is 0.109. The molecule has 2 N–H and O–H groups in total. The summed E-state index contributed by atoms with van der Waals surface area (Å²) in [5.74, 6) is 0.109. The Labute approximate surface area is 196 Å². The molecular formula is C25H39N5OS. The normalized spacial score (nSPS) is 28.6. The van der Waals surface area contributed by atoms with E-state index in [9.17, 15) is 4.79 Å². The third kappa shape index (κ3) is 4.75. The van der Waals surface area contributed by atoms with Crippen molar-refractivity contribution in [3.05, 3.63) is 16.6 Å². The molecule has 0 bridgehead atoms. The number of aryl methyl sites for hydroxylation is 1. The minimum Gasteiger partial charge on any atom is -0.349 e. The molecule has 176 valence electrons. The van der Waals surface area contributed by atoms with Gasteiger partial charge in [-0.05, 0) is 77.9 Å². The molecule has 2 saturated carbocycles. The molecule has 0 radical (unpaired) electrons. The maximum atomic E-state index is 13.2. The van der Waals surface area contributed by atoms with E-state index in [1.165, 1.54) is 68.1 Å². The summed E-state index contributed by atoms with van der Waals surface area (Å²) in [6.07, 6.45) is 12.2. The minimum absolute atomic E-state index is 0.109. The number of hydrogen-bond acceptors (Lipinski definition) is 5. The number of carbonyl (C=O) groups is 1. The van der Waals surface area contributed by atoms with Gasteiger partial charge >= 0.3 is 0 Å². The maximum Gasteiger partial charge on any atom is 0.261 e. The Kier molecular flexibility index (Phi) is 6.86. The van der Waals surface area contributed by atoms with Crippen LogP contribution in [0, 0.1) is 6.92 Å². The first-order chi connectivity index (χ1) is 15.6. The molecule has 3 aliphatic rings. The van der Waals surface area contributed by atoms with Gasteiger partial charge in [-0.3, -0.25) is 14.4 Å². The third-order valence-electron chi connectivity index (χ3n) is 7.83. The fourth-order valence-electron chi connectivity index (χ4n) is 6.11. The lowest BCUT2D eigenvalue weighted by Crippen LogP contribution is -2.48. The number of fused-ring (bicyclic) bond motifs is 1. The summed E-state index contributed by atoms with van der Waals surface area (Å²) in [7, 11) is 0. The summed E-state index contributed by atoms with van der Waals surface area (Å²) in [4.78, 5) is 17.9. The zero-order valence-electron chi connectivity index (χ0n) is 19.7. The van der Waals surface area contributed by atoms with Crippen LogP contribution < -0.4 is 10.6 Å². The van der Waals surface area contributed by atoms with E-state index in [0.29, 0.717) is 18.1 Å². The Bertz CT molecular complexity index is 930. The second kappa shape index (κ2) is 9.82. The highest BCUT2D eigenvalue weighted by Crippen LogP contribution is 2.35. The van der Waals surface area contributed by atoms with Gasteiger partial charge in [-0.2, -0.15) is 5.10 Å². The average molecular weight is 458 g/mol. The lowest BCUT2D eigenvalue weighted by molar-refractivity contribution is 0.0895. The molecule has 2 aliphatic carbocycles. The van der Waals surface area contributed by atoms with Crippen molar-refractivity contribution >= 4 is 27.5 Å². The highest BCUT2D eigenvalue weighted by atomic mass is 32.1. The highest BCUT2D eigenvalue weighted by Gasteiger charge is 2.30. The number of nitrogens with zero attached hydrogens (tertiary/aromatic N) is 3. The van der Waals surface area contributed by atoms with Crippen LogP contribution in [0.4, 0.5) is 0 Å². The maximum absolute atomic E-state index is 13.2. The molecule has 2 aromatic heterocycles. The first kappa shape index (κ1) is 22.4. The van der Waals surface area contributed by atoms with Crippen LogP contribution in [0.2, 0.25) is 0 Å². The van der Waals surface area contributed by atoms with E-state index in [1.54, 1.807) is 11.3 Å². The van der Waals surface area contributed by atoms with Crippen LogP contribution in [0.15, 0.2) is 6.07 Å². The number of carbonyl (C=O) groups excluding carboxylic acids is 1. The summed E-state index contributed by atoms with van der Waals surface area (Å²) >= 11 is 1.64. The molecule has 6 nitrogen and oxygen atoms in total. The van der Waals surface area contributed by atoms with Gasteiger partial charge in [0.2, 0.25) is 0 Å². The van der Waals surface area contributed by atoms with Crippen molar-refractivity contribution in [3.63, 3.8) is 0 Å². The van der Waals surface area contributed by atoms with E-state index in [1.807, 2.05) is 0 Å². The largest absolute Gasteiger partial charge is 0.349 e. The van der Waals surface area contributed by atoms with Crippen molar-refractivity contribution in [1.29, 1.82) is 0 Å². The van der Waals surface area contributed by atoms with Gasteiger partial charge in [0.15, 0.2) is 0 Å². The van der Waals surface area contributed by atoms with Gasteiger partial charge in [0.05, 0.1) is 16.6 Å². The standard InChI is InChI=1S/C25H39N5OS/c1-17-16-29(13-7-12-26-17)21-11-6-8-19(14-21)27-24(31)23-15-22-18(2)28-30(25(22)32-23)20-9-4-3-5-10-20/h15,17,19-21,26H,3-14,16H2,1-2H3,(H,27,31)/t17?,19-,21-/m0/s1. The van der Waals surface area contributed by atoms with Crippen molar-refractivity contribution in [1.82, 2.24) is 25.3 Å². The number of rotatable bonds is 4. The molecule has 7 heteroatoms. The first-order valence-corrected chi connectivity index (χ1v) is 13.7. The van der Waals surface area contributed by atoms with Crippen LogP contribution in [0.3, 0.4) is 0 Å². The summed E-state index contributed by atoms with van der Waals surface area (Å²) in [6, 6.07) is 4.02. The fraction of sp³-hybridized carbons (Fsp3) is 0.760. The van der Waals surface area contributed by atoms with Crippen molar-refractivity contribution in [3.8, 4) is 0 Å². The number of aromatic nitrogens is 2. The summed E-state index contributed by atoms with van der Waals surface area (Å²) < 4.78 is 2.23. The van der Waals surface area contributed by atoms with Crippen molar-refractivity contribution in [2.24, 2.45) is 0 Å². The molecule has 1 unspecified atom stereocenters. The lowest BCUT2D eigenvalue weighted by Gasteiger charge is -2.38. The Balaban J connectivity index is 1.26. The van der Waals surface area contributed by atoms with Crippen molar-refractivity contribution in [2.45, 2.75) is 102 Å². The van der Waals surface area contributed by atoms with E-state index in [0.717, 1.165) is 36.5 Å². The Morgan fingerprint density at radius 3 is 2.78 bits per heavy atom. The summed E-state index contributed by atoms with van der Waals surface area (Å²) in [5, 5.41) is 13.0. The molecule has 1 amide bonds. The second-order valence-corrected chi connectivity index (χ2v) is 11.4. The van der Waals surface area contributed by atoms with E-state index in [-0.39, 0.29) is 11.9 Å². The monoisotopic (exact) mass is 457 g/mol. The lowest BCUT2D eigenvalue weighted by atomic mass is 9.89. The predicted molar refractivity (Wildman–Crippen MR) is 132 cm³/mol. The van der Waals surface area contributed by atoms with Crippen LogP contribution >= 0.6 is 11.3 Å². The van der Waals surface area contributed by atoms with Gasteiger partial charge in [-0.1, -0.05) is 19.3 Å². The topological polar surface area (TPSA) is 62.2 Å². The SMILES string of the molecule is Cc1nn(C2CCCCC2)c2sc(C(=O)N[C@H]3CCC[C@H](N4CCCNC(C)C4)C3)cc12. The molecule has 3 fully saturated rings. The van der Waals surface area contributed by atoms with E-state index in [2.05, 4.69) is 40.1 Å². The second-order valence-electron chi connectivity index (χ2n) is 10.3. The van der Waals surface area contributed by atoms with Crippen molar-refractivity contribution in [2.75, 3.05) is 19.6 Å². The van der Waals surface area contributed by atoms with E-state index < -0.39 is 0 Å². The molecule has 0 aromatic carbocycles. The Hall–Kier alpha value is -1.44. The number of amides is 1. The van der Waals surface area contributed by atoms with Gasteiger partial charge in [-0.25, -0.2) is 0 Å². The van der Waals surface area contributed by atoms with Gasteiger partial charge in [-0.15, -0.1) is 11.3 Å². The first-order valence-electron chi connectivity index (χ1n) is 12.9. The van der Waals surface area contributed by atoms with Gasteiger partial charge in [0, 0.05) is 30.1 Å². The smallest absolute Gasteiger partial charge is 0.261 e. The molecular weight excluding hydrogens is 418 g/mol. The van der Waals surface area contributed by atoms with Gasteiger partial charge in [0.1, 0.15) is 4.83 Å². The zero-order valence-corrected chi connectivity index (χ0v) is 20.6. The van der Waals surface area contributed by atoms with Crippen LogP contribution in [-0.4, -0.2) is 58.3 Å². The Morgan fingerprint density at radius 2 is 1.94 bits per heavy atom. The molecule has 3 atom stereocenters. The van der Waals surface area contributed by atoms with Crippen molar-refractivity contribution < 1.29 is 4.79 Å². The van der Waals surface area contributed by atoms with Crippen LogP contribution in [0.5, 0.6) is 0 Å². The molecule has 1 aliphatic heterocycles. The van der Waals surface area contributed by atoms with Crippen LogP contribution in [-0.2, 0) is 0 Å². The molecule has 5 rings (SSSR count). The molecule has 1 saturated heterocycles. The quantitative estimate of drug-likeness (QED) is 0.702. The number of nitrogens with one attached hydrogen (secondary N) is 2. The highest BCUT2D eigenvalue weighted by molar-refractivity contribution is 7.20. The number of thiophene rings is 1. The molecule has 2 aromatic rings. The van der Waals surface area contributed by atoms with Crippen LogP contribution in [0.25, 0.3) is 10.2 Å². The molecule has 0 spiro atoms. The Morgan fingerprint density at radius 1 is 1.12 bits per heavy atom. The van der Waals surface area contributed by atoms with Crippen LogP contribution in [0.1, 0.15) is 92.5 Å². The van der Waals surface area contributed by atoms with E-state index in [4.69, 9.17) is 5.10 Å². The summed E-state index contributed by atoms with van der Waals surface area (Å²) in [5.41, 5.74) is 1.06. The third-order valence-corrected chi connectivity index (χ3v) is 8.96. The average Bonchev–Trinajstić information content (AvgIpc) is 3.29. The molecule has 32 heavy (non-hydrogen) atoms. The van der Waals surface area contributed by atoms with Gasteiger partial charge in [0.25, 0.3) is 5.91 Å². The zero-order chi connectivity index (χ0) is 22.1. The number of hydrogen-bond donors (Lipinski definition) is 2. The fourth-order valence-corrected chi connectivity index (χ4v) is 7.25.